The molecular formula is C26H27N3O3. The predicted octanol–water partition coefficient (Wildman–Crippen LogP) is 4.56. The second-order valence-electron chi connectivity index (χ2n) is 7.28. The molecule has 0 spiro atoms. The van der Waals surface area contributed by atoms with Gasteiger partial charge < -0.3 is 20.3 Å². The molecule has 0 aliphatic heterocycles. The molecule has 0 aliphatic rings. The van der Waals surface area contributed by atoms with Crippen molar-refractivity contribution in [3.05, 3.63) is 95.7 Å². The minimum Gasteiger partial charge on any atom is -0.494 e. The summed E-state index contributed by atoms with van der Waals surface area (Å²) >= 11 is 0. The third-order valence-corrected chi connectivity index (χ3v) is 4.67. The van der Waals surface area contributed by atoms with Crippen LogP contribution >= 0.6 is 0 Å². The Labute approximate surface area is 188 Å². The first kappa shape index (κ1) is 22.6. The smallest absolute Gasteiger partial charge is 0.272 e. The molecule has 0 atom stereocenters. The summed E-state index contributed by atoms with van der Waals surface area (Å²) in [5.41, 5.74) is 3.04. The van der Waals surface area contributed by atoms with Crippen molar-refractivity contribution in [2.24, 2.45) is 0 Å². The van der Waals surface area contributed by atoms with Crippen molar-refractivity contribution >= 4 is 29.3 Å². The van der Waals surface area contributed by atoms with Gasteiger partial charge in [0.2, 0.25) is 0 Å². The van der Waals surface area contributed by atoms with Crippen LogP contribution in [0.25, 0.3) is 6.08 Å². The number of carbonyl (C=O) groups is 2. The van der Waals surface area contributed by atoms with Gasteiger partial charge >= 0.3 is 0 Å². The van der Waals surface area contributed by atoms with Crippen LogP contribution in [0.2, 0.25) is 0 Å². The number of rotatable bonds is 8. The maximum Gasteiger partial charge on any atom is 0.272 e. The summed E-state index contributed by atoms with van der Waals surface area (Å²) in [6.07, 6.45) is 1.66. The van der Waals surface area contributed by atoms with Crippen molar-refractivity contribution in [1.82, 2.24) is 5.32 Å². The SMILES string of the molecule is CCOc1ccc(NC(=O)/C(=C/c2ccc(N(C)C)cc2)NC(=O)c2ccccc2)cc1. The fourth-order valence-corrected chi connectivity index (χ4v) is 2.98. The van der Waals surface area contributed by atoms with E-state index in [1.807, 2.05) is 56.3 Å². The standard InChI is InChI=1S/C26H27N3O3/c1-4-32-23-16-12-21(13-17-23)27-26(31)24(28-25(30)20-8-6-5-7-9-20)18-19-10-14-22(15-11-19)29(2)3/h5-18H,4H2,1-3H3,(H,27,31)(H,28,30)/b24-18-. The molecule has 2 amide bonds. The number of hydrogen-bond donors (Lipinski definition) is 2. The second-order valence-corrected chi connectivity index (χ2v) is 7.28. The van der Waals surface area contributed by atoms with Crippen molar-refractivity contribution < 1.29 is 14.3 Å². The van der Waals surface area contributed by atoms with Gasteiger partial charge in [0.25, 0.3) is 11.8 Å². The Hall–Kier alpha value is -4.06. The lowest BCUT2D eigenvalue weighted by Gasteiger charge is -2.13. The van der Waals surface area contributed by atoms with Crippen molar-refractivity contribution in [1.29, 1.82) is 0 Å². The van der Waals surface area contributed by atoms with E-state index in [1.165, 1.54) is 0 Å². The normalized spacial score (nSPS) is 10.9. The van der Waals surface area contributed by atoms with Gasteiger partial charge in [0.15, 0.2) is 0 Å². The minimum atomic E-state index is -0.421. The maximum atomic E-state index is 13.0. The van der Waals surface area contributed by atoms with E-state index in [0.717, 1.165) is 17.0 Å². The van der Waals surface area contributed by atoms with E-state index >= 15 is 0 Å². The van der Waals surface area contributed by atoms with E-state index in [4.69, 9.17) is 4.74 Å². The first-order chi connectivity index (χ1) is 15.5. The number of anilines is 2. The molecule has 0 radical (unpaired) electrons. The Balaban J connectivity index is 1.84. The summed E-state index contributed by atoms with van der Waals surface area (Å²) < 4.78 is 5.44. The lowest BCUT2D eigenvalue weighted by molar-refractivity contribution is -0.113. The van der Waals surface area contributed by atoms with Gasteiger partial charge in [0.1, 0.15) is 11.4 Å². The average molecular weight is 430 g/mol. The molecule has 0 aliphatic carbocycles. The molecule has 3 aromatic rings. The third kappa shape index (κ3) is 6.22. The molecule has 164 valence electrons. The number of benzene rings is 3. The van der Waals surface area contributed by atoms with E-state index in [2.05, 4.69) is 10.6 Å². The molecule has 6 nitrogen and oxygen atoms in total. The number of carbonyl (C=O) groups excluding carboxylic acids is 2. The van der Waals surface area contributed by atoms with E-state index in [9.17, 15) is 9.59 Å². The van der Waals surface area contributed by atoms with E-state index in [1.54, 1.807) is 54.6 Å². The van der Waals surface area contributed by atoms with Gasteiger partial charge in [-0.15, -0.1) is 0 Å². The number of nitrogens with zero attached hydrogens (tertiary/aromatic N) is 1. The quantitative estimate of drug-likeness (QED) is 0.515. The molecule has 2 N–H and O–H groups in total. The highest BCUT2D eigenvalue weighted by molar-refractivity contribution is 6.10. The zero-order valence-corrected chi connectivity index (χ0v) is 18.5. The van der Waals surface area contributed by atoms with Crippen molar-refractivity contribution in [3.63, 3.8) is 0 Å². The predicted molar refractivity (Wildman–Crippen MR) is 129 cm³/mol. The minimum absolute atomic E-state index is 0.144. The van der Waals surface area contributed by atoms with Gasteiger partial charge in [-0.3, -0.25) is 9.59 Å². The molecule has 0 unspecified atom stereocenters. The van der Waals surface area contributed by atoms with Crippen LogP contribution in [-0.4, -0.2) is 32.5 Å². The van der Waals surface area contributed by atoms with Crippen LogP contribution in [0.3, 0.4) is 0 Å². The molecule has 0 saturated heterocycles. The molecule has 0 saturated carbocycles. The summed E-state index contributed by atoms with van der Waals surface area (Å²) in [6, 6.07) is 23.6. The Morgan fingerprint density at radius 1 is 0.906 bits per heavy atom. The molecule has 6 heteroatoms. The number of hydrogen-bond acceptors (Lipinski definition) is 4. The number of amides is 2. The highest BCUT2D eigenvalue weighted by atomic mass is 16.5. The van der Waals surface area contributed by atoms with Crippen molar-refractivity contribution in [3.8, 4) is 5.75 Å². The van der Waals surface area contributed by atoms with Gasteiger partial charge in [-0.05, 0) is 67.1 Å². The molecule has 0 aromatic heterocycles. The molecule has 0 heterocycles. The van der Waals surface area contributed by atoms with E-state index in [-0.39, 0.29) is 11.6 Å². The van der Waals surface area contributed by atoms with Crippen LogP contribution in [0.15, 0.2) is 84.6 Å². The van der Waals surface area contributed by atoms with Crippen LogP contribution in [-0.2, 0) is 4.79 Å². The molecular weight excluding hydrogens is 402 g/mol. The highest BCUT2D eigenvalue weighted by Crippen LogP contribution is 2.18. The highest BCUT2D eigenvalue weighted by Gasteiger charge is 2.15. The Kier molecular flexibility index (Phi) is 7.65. The summed E-state index contributed by atoms with van der Waals surface area (Å²) in [5.74, 6) is -0.0571. The van der Waals surface area contributed by atoms with Crippen LogP contribution < -0.4 is 20.3 Å². The van der Waals surface area contributed by atoms with Gasteiger partial charge in [0, 0.05) is 31.0 Å². The van der Waals surface area contributed by atoms with Crippen LogP contribution in [0, 0.1) is 0 Å². The molecule has 0 bridgehead atoms. The van der Waals surface area contributed by atoms with Crippen molar-refractivity contribution in [2.45, 2.75) is 6.92 Å². The van der Waals surface area contributed by atoms with Crippen LogP contribution in [0.5, 0.6) is 5.75 Å². The third-order valence-electron chi connectivity index (χ3n) is 4.67. The van der Waals surface area contributed by atoms with Gasteiger partial charge in [-0.1, -0.05) is 30.3 Å². The Morgan fingerprint density at radius 2 is 1.56 bits per heavy atom. The molecule has 0 fully saturated rings. The molecule has 3 aromatic carbocycles. The van der Waals surface area contributed by atoms with E-state index < -0.39 is 5.91 Å². The summed E-state index contributed by atoms with van der Waals surface area (Å²) in [7, 11) is 3.92. The average Bonchev–Trinajstić information content (AvgIpc) is 2.81. The fraction of sp³-hybridized carbons (Fsp3) is 0.154. The first-order valence-electron chi connectivity index (χ1n) is 10.4. The Bertz CT molecular complexity index is 1070. The molecule has 32 heavy (non-hydrogen) atoms. The van der Waals surface area contributed by atoms with Crippen LogP contribution in [0.1, 0.15) is 22.8 Å². The van der Waals surface area contributed by atoms with Crippen molar-refractivity contribution in [2.75, 3.05) is 30.9 Å². The number of nitrogens with one attached hydrogen (secondary N) is 2. The van der Waals surface area contributed by atoms with Gasteiger partial charge in [-0.2, -0.15) is 0 Å². The molecule has 3 rings (SSSR count). The Morgan fingerprint density at radius 3 is 2.16 bits per heavy atom. The zero-order valence-electron chi connectivity index (χ0n) is 18.5. The fourth-order valence-electron chi connectivity index (χ4n) is 2.98. The van der Waals surface area contributed by atoms with Gasteiger partial charge in [0.05, 0.1) is 6.61 Å². The van der Waals surface area contributed by atoms with Gasteiger partial charge in [-0.25, -0.2) is 0 Å². The van der Waals surface area contributed by atoms with E-state index in [0.29, 0.717) is 17.9 Å². The second kappa shape index (κ2) is 10.8. The van der Waals surface area contributed by atoms with Crippen LogP contribution in [0.4, 0.5) is 11.4 Å². The topological polar surface area (TPSA) is 70.7 Å². The monoisotopic (exact) mass is 429 g/mol. The first-order valence-corrected chi connectivity index (χ1v) is 10.4. The zero-order chi connectivity index (χ0) is 22.9. The largest absolute Gasteiger partial charge is 0.494 e. The lowest BCUT2D eigenvalue weighted by atomic mass is 10.1. The summed E-state index contributed by atoms with van der Waals surface area (Å²) in [4.78, 5) is 27.7. The summed E-state index contributed by atoms with van der Waals surface area (Å²) in [5, 5.41) is 5.58. The lowest BCUT2D eigenvalue weighted by Crippen LogP contribution is -2.30. The summed E-state index contributed by atoms with van der Waals surface area (Å²) in [6.45, 7) is 2.48. The maximum absolute atomic E-state index is 13.0. The number of ether oxygens (including phenoxy) is 1.